The summed E-state index contributed by atoms with van der Waals surface area (Å²) in [6, 6.07) is 17.9. The highest BCUT2D eigenvalue weighted by Crippen LogP contribution is 2.22. The molecule has 0 bridgehead atoms. The Morgan fingerprint density at radius 3 is 2.50 bits per heavy atom. The van der Waals surface area contributed by atoms with Crippen molar-refractivity contribution in [1.82, 2.24) is 15.1 Å². The van der Waals surface area contributed by atoms with Gasteiger partial charge in [-0.05, 0) is 25.5 Å². The molecule has 1 heterocycles. The molecule has 0 spiro atoms. The molecule has 0 aliphatic rings. The van der Waals surface area contributed by atoms with Crippen LogP contribution in [0.1, 0.15) is 25.1 Å². The minimum absolute atomic E-state index is 0.135. The highest BCUT2D eigenvalue weighted by molar-refractivity contribution is 5.87. The van der Waals surface area contributed by atoms with Crippen LogP contribution in [0.2, 0.25) is 0 Å². The first-order valence-electron chi connectivity index (χ1n) is 8.99. The van der Waals surface area contributed by atoms with E-state index in [1.807, 2.05) is 59.3 Å². The van der Waals surface area contributed by atoms with Gasteiger partial charge in [0.05, 0.1) is 24.4 Å². The van der Waals surface area contributed by atoms with Gasteiger partial charge in [0.1, 0.15) is 12.1 Å². The molecule has 1 amide bonds. The van der Waals surface area contributed by atoms with Gasteiger partial charge < -0.3 is 15.2 Å². The molecule has 0 saturated heterocycles. The minimum Gasteiger partial charge on any atom is -0.480 e. The number of hydrogen-bond acceptors (Lipinski definition) is 4. The first-order chi connectivity index (χ1) is 13.4. The van der Waals surface area contributed by atoms with Crippen LogP contribution in [0.4, 0.5) is 0 Å². The number of benzene rings is 2. The number of para-hydroxylation sites is 1. The molecule has 2 aromatic carbocycles. The molecule has 7 nitrogen and oxygen atoms in total. The number of amides is 1. The van der Waals surface area contributed by atoms with Gasteiger partial charge in [-0.25, -0.2) is 0 Å². The van der Waals surface area contributed by atoms with Crippen molar-refractivity contribution in [2.75, 3.05) is 6.54 Å². The predicted molar refractivity (Wildman–Crippen MR) is 105 cm³/mol. The van der Waals surface area contributed by atoms with Crippen LogP contribution in [0.5, 0.6) is 0 Å². The van der Waals surface area contributed by atoms with Crippen LogP contribution in [0.25, 0.3) is 10.9 Å². The number of carboxylic acids is 1. The first kappa shape index (κ1) is 19.6. The van der Waals surface area contributed by atoms with E-state index in [1.165, 1.54) is 0 Å². The molecular weight excluding hydrogens is 358 g/mol. The summed E-state index contributed by atoms with van der Waals surface area (Å²) in [5.74, 6) is -1.59. The van der Waals surface area contributed by atoms with Crippen molar-refractivity contribution in [2.24, 2.45) is 0 Å². The zero-order chi connectivity index (χ0) is 20.1. The molecule has 146 valence electrons. The molecule has 0 aliphatic carbocycles. The van der Waals surface area contributed by atoms with E-state index in [0.717, 1.165) is 22.2 Å². The molecule has 0 atom stereocenters. The maximum absolute atomic E-state index is 12.2. The summed E-state index contributed by atoms with van der Waals surface area (Å²) in [5.41, 5.74) is 1.67. The van der Waals surface area contributed by atoms with E-state index in [1.54, 1.807) is 13.8 Å². The van der Waals surface area contributed by atoms with Crippen LogP contribution in [-0.4, -0.2) is 38.9 Å². The quantitative estimate of drug-likeness (QED) is 0.626. The number of nitrogens with zero attached hydrogens (tertiary/aromatic N) is 2. The van der Waals surface area contributed by atoms with Crippen molar-refractivity contribution < 1.29 is 19.4 Å². The van der Waals surface area contributed by atoms with Gasteiger partial charge in [-0.3, -0.25) is 14.3 Å². The summed E-state index contributed by atoms with van der Waals surface area (Å²) >= 11 is 0. The zero-order valence-corrected chi connectivity index (χ0v) is 15.9. The zero-order valence-electron chi connectivity index (χ0n) is 15.9. The number of carbonyl (C=O) groups excluding carboxylic acids is 1. The van der Waals surface area contributed by atoms with E-state index in [2.05, 4.69) is 10.4 Å². The molecule has 0 saturated carbocycles. The van der Waals surface area contributed by atoms with E-state index >= 15 is 0 Å². The summed E-state index contributed by atoms with van der Waals surface area (Å²) in [6.07, 6.45) is 0. The average Bonchev–Trinajstić information content (AvgIpc) is 3.03. The lowest BCUT2D eigenvalue weighted by Crippen LogP contribution is -2.45. The highest BCUT2D eigenvalue weighted by atomic mass is 16.5. The lowest BCUT2D eigenvalue weighted by atomic mass is 10.1. The number of aliphatic carboxylic acids is 1. The van der Waals surface area contributed by atoms with Crippen LogP contribution in [-0.2, 0) is 27.5 Å². The number of nitrogens with one attached hydrogen (secondary N) is 1. The maximum atomic E-state index is 12.2. The van der Waals surface area contributed by atoms with E-state index in [9.17, 15) is 9.59 Å². The number of hydrogen-bond donors (Lipinski definition) is 2. The standard InChI is InChI=1S/C21H23N3O4/c1-21(2,20(27)22-12-19(25)26)28-14-17-16-10-6-7-11-18(16)24(23-17)13-15-8-4-3-5-9-15/h3-11H,12-14H2,1-2H3,(H,22,27)(H,25,26). The Kier molecular flexibility index (Phi) is 5.75. The third-order valence-electron chi connectivity index (χ3n) is 4.43. The number of carbonyl (C=O) groups is 2. The monoisotopic (exact) mass is 381 g/mol. The summed E-state index contributed by atoms with van der Waals surface area (Å²) in [4.78, 5) is 22.8. The van der Waals surface area contributed by atoms with Crippen molar-refractivity contribution in [3.05, 3.63) is 65.9 Å². The number of carboxylic acid groups (broad SMARTS) is 1. The van der Waals surface area contributed by atoms with E-state index in [0.29, 0.717) is 6.54 Å². The summed E-state index contributed by atoms with van der Waals surface area (Å²) < 4.78 is 7.72. The Bertz CT molecular complexity index is 980. The fraction of sp³-hybridized carbons (Fsp3) is 0.286. The predicted octanol–water partition coefficient (Wildman–Crippen LogP) is 2.58. The minimum atomic E-state index is -1.18. The topological polar surface area (TPSA) is 93.5 Å². The number of aromatic nitrogens is 2. The van der Waals surface area contributed by atoms with Crippen molar-refractivity contribution in [3.8, 4) is 0 Å². The van der Waals surface area contributed by atoms with Gasteiger partial charge >= 0.3 is 5.97 Å². The summed E-state index contributed by atoms with van der Waals surface area (Å²) in [5, 5.41) is 16.7. The molecule has 1 aromatic heterocycles. The molecule has 0 fully saturated rings. The Labute approximate surface area is 162 Å². The molecule has 2 N–H and O–H groups in total. The highest BCUT2D eigenvalue weighted by Gasteiger charge is 2.29. The molecule has 0 unspecified atom stereocenters. The lowest BCUT2D eigenvalue weighted by Gasteiger charge is -2.23. The Morgan fingerprint density at radius 1 is 1.11 bits per heavy atom. The Hall–Kier alpha value is -3.19. The average molecular weight is 381 g/mol. The number of fused-ring (bicyclic) bond motifs is 1. The van der Waals surface area contributed by atoms with Gasteiger partial charge in [0.2, 0.25) is 0 Å². The molecule has 0 aliphatic heterocycles. The Balaban J connectivity index is 1.78. The third-order valence-corrected chi connectivity index (χ3v) is 4.43. The fourth-order valence-corrected chi connectivity index (χ4v) is 2.86. The van der Waals surface area contributed by atoms with Gasteiger partial charge in [0.25, 0.3) is 5.91 Å². The van der Waals surface area contributed by atoms with Gasteiger partial charge in [-0.2, -0.15) is 5.10 Å². The smallest absolute Gasteiger partial charge is 0.322 e. The summed E-state index contributed by atoms with van der Waals surface area (Å²) in [7, 11) is 0. The largest absolute Gasteiger partial charge is 0.480 e. The second-order valence-corrected chi connectivity index (χ2v) is 6.98. The van der Waals surface area contributed by atoms with Crippen LogP contribution in [0.3, 0.4) is 0 Å². The molecule has 28 heavy (non-hydrogen) atoms. The molecule has 3 aromatic rings. The van der Waals surface area contributed by atoms with Crippen molar-refractivity contribution in [3.63, 3.8) is 0 Å². The molecule has 0 radical (unpaired) electrons. The van der Waals surface area contributed by atoms with Crippen molar-refractivity contribution >= 4 is 22.8 Å². The third kappa shape index (κ3) is 4.55. The normalized spacial score (nSPS) is 11.5. The van der Waals surface area contributed by atoms with Gasteiger partial charge in [0, 0.05) is 5.39 Å². The molecule has 3 rings (SSSR count). The van der Waals surface area contributed by atoms with Crippen LogP contribution >= 0.6 is 0 Å². The Morgan fingerprint density at radius 2 is 1.79 bits per heavy atom. The second-order valence-electron chi connectivity index (χ2n) is 6.98. The van der Waals surface area contributed by atoms with Crippen molar-refractivity contribution in [1.29, 1.82) is 0 Å². The first-order valence-corrected chi connectivity index (χ1v) is 8.99. The maximum Gasteiger partial charge on any atom is 0.322 e. The lowest BCUT2D eigenvalue weighted by molar-refractivity contribution is -0.147. The molecule has 7 heteroatoms. The van der Waals surface area contributed by atoms with Gasteiger partial charge in [-0.1, -0.05) is 48.5 Å². The number of rotatable bonds is 8. The van der Waals surface area contributed by atoms with Crippen molar-refractivity contribution in [2.45, 2.75) is 32.6 Å². The van der Waals surface area contributed by atoms with Crippen LogP contribution in [0, 0.1) is 0 Å². The molecular formula is C21H23N3O4. The van der Waals surface area contributed by atoms with Gasteiger partial charge in [0.15, 0.2) is 0 Å². The second kappa shape index (κ2) is 8.22. The van der Waals surface area contributed by atoms with Crippen LogP contribution in [0.15, 0.2) is 54.6 Å². The fourth-order valence-electron chi connectivity index (χ4n) is 2.86. The van der Waals surface area contributed by atoms with Gasteiger partial charge in [-0.15, -0.1) is 0 Å². The summed E-state index contributed by atoms with van der Waals surface area (Å²) in [6.45, 7) is 3.53. The van der Waals surface area contributed by atoms with E-state index < -0.39 is 24.0 Å². The van der Waals surface area contributed by atoms with E-state index in [4.69, 9.17) is 9.84 Å². The van der Waals surface area contributed by atoms with E-state index in [-0.39, 0.29) is 6.61 Å². The van der Waals surface area contributed by atoms with Crippen LogP contribution < -0.4 is 5.32 Å². The SMILES string of the molecule is CC(C)(OCc1nn(Cc2ccccc2)c2ccccc12)C(=O)NCC(=O)O. The number of ether oxygens (including phenoxy) is 1.